The van der Waals surface area contributed by atoms with Gasteiger partial charge in [-0.05, 0) is 19.5 Å². The minimum Gasteiger partial charge on any atom is -0.355 e. The van der Waals surface area contributed by atoms with Crippen LogP contribution in [0.5, 0.6) is 0 Å². The number of nitrogens with zero attached hydrogens (tertiary/aromatic N) is 4. The minimum absolute atomic E-state index is 0.000704. The molecule has 116 valence electrons. The van der Waals surface area contributed by atoms with Crippen LogP contribution >= 0.6 is 0 Å². The number of nitrogens with two attached hydrogens (primary N) is 1. The molecule has 0 bridgehead atoms. The Morgan fingerprint density at radius 1 is 1.52 bits per heavy atom. The van der Waals surface area contributed by atoms with Crippen LogP contribution in [0, 0.1) is 10.1 Å². The standard InChI is InChI=1S/C13H22N6O2/c1-3-17(4-2)10-5-6-18(9-10)13-8-11(19(20)21)7-12(15-13)16-14/h7-8,10H,3-6,9,14H2,1-2H3,(H,15,16). The van der Waals surface area contributed by atoms with E-state index in [-0.39, 0.29) is 5.69 Å². The molecular weight excluding hydrogens is 272 g/mol. The van der Waals surface area contributed by atoms with Crippen molar-refractivity contribution in [3.05, 3.63) is 22.2 Å². The smallest absolute Gasteiger partial charge is 0.276 e. The van der Waals surface area contributed by atoms with E-state index >= 15 is 0 Å². The van der Waals surface area contributed by atoms with Crippen LogP contribution in [0.3, 0.4) is 0 Å². The molecule has 0 saturated carbocycles. The second-order valence-electron chi connectivity index (χ2n) is 5.08. The fraction of sp³-hybridized carbons (Fsp3) is 0.615. The van der Waals surface area contributed by atoms with Gasteiger partial charge in [0.1, 0.15) is 11.6 Å². The van der Waals surface area contributed by atoms with Gasteiger partial charge in [-0.1, -0.05) is 13.8 Å². The van der Waals surface area contributed by atoms with Crippen molar-refractivity contribution >= 4 is 17.3 Å². The molecule has 1 fully saturated rings. The maximum Gasteiger partial charge on any atom is 0.276 e. The Bertz CT molecular complexity index is 505. The number of nitrogen functional groups attached to an aromatic ring is 1. The first kappa shape index (κ1) is 15.5. The van der Waals surface area contributed by atoms with Crippen molar-refractivity contribution in [1.82, 2.24) is 9.88 Å². The van der Waals surface area contributed by atoms with Crippen LogP contribution in [-0.4, -0.2) is 47.0 Å². The number of pyridine rings is 1. The van der Waals surface area contributed by atoms with Crippen LogP contribution < -0.4 is 16.2 Å². The van der Waals surface area contributed by atoms with Gasteiger partial charge in [0.25, 0.3) is 5.69 Å². The lowest BCUT2D eigenvalue weighted by Gasteiger charge is -2.26. The summed E-state index contributed by atoms with van der Waals surface area (Å²) in [5, 5.41) is 11.0. The van der Waals surface area contributed by atoms with Crippen molar-refractivity contribution < 1.29 is 4.92 Å². The molecule has 8 heteroatoms. The van der Waals surface area contributed by atoms with Gasteiger partial charge in [-0.15, -0.1) is 0 Å². The molecule has 0 amide bonds. The van der Waals surface area contributed by atoms with Crippen LogP contribution in [0.1, 0.15) is 20.3 Å². The van der Waals surface area contributed by atoms with Crippen molar-refractivity contribution in [3.8, 4) is 0 Å². The molecule has 2 rings (SSSR count). The lowest BCUT2D eigenvalue weighted by Crippen LogP contribution is -2.37. The summed E-state index contributed by atoms with van der Waals surface area (Å²) in [6.45, 7) is 7.99. The Labute approximate surface area is 124 Å². The van der Waals surface area contributed by atoms with E-state index < -0.39 is 4.92 Å². The number of aromatic nitrogens is 1. The van der Waals surface area contributed by atoms with Gasteiger partial charge in [0.2, 0.25) is 0 Å². The number of nitro groups is 1. The normalized spacial score (nSPS) is 18.3. The maximum atomic E-state index is 11.0. The van der Waals surface area contributed by atoms with E-state index in [1.54, 1.807) is 0 Å². The second-order valence-corrected chi connectivity index (χ2v) is 5.08. The van der Waals surface area contributed by atoms with Crippen molar-refractivity contribution in [2.24, 2.45) is 5.84 Å². The lowest BCUT2D eigenvalue weighted by molar-refractivity contribution is -0.384. The molecule has 0 radical (unpaired) electrons. The van der Waals surface area contributed by atoms with Gasteiger partial charge in [-0.25, -0.2) is 10.8 Å². The zero-order chi connectivity index (χ0) is 15.4. The number of hydrogen-bond acceptors (Lipinski definition) is 7. The zero-order valence-corrected chi connectivity index (χ0v) is 12.5. The number of hydrogen-bond donors (Lipinski definition) is 2. The van der Waals surface area contributed by atoms with E-state index in [0.29, 0.717) is 17.7 Å². The Kier molecular flexibility index (Phi) is 4.92. The molecule has 1 aromatic rings. The van der Waals surface area contributed by atoms with Crippen LogP contribution in [0.15, 0.2) is 12.1 Å². The van der Waals surface area contributed by atoms with E-state index in [4.69, 9.17) is 5.84 Å². The largest absolute Gasteiger partial charge is 0.355 e. The van der Waals surface area contributed by atoms with Crippen LogP contribution in [0.2, 0.25) is 0 Å². The Balaban J connectivity index is 2.19. The van der Waals surface area contributed by atoms with E-state index in [1.807, 2.05) is 0 Å². The minimum atomic E-state index is -0.427. The summed E-state index contributed by atoms with van der Waals surface area (Å²) in [5.74, 6) is 6.26. The fourth-order valence-corrected chi connectivity index (χ4v) is 2.83. The van der Waals surface area contributed by atoms with Crippen molar-refractivity contribution in [3.63, 3.8) is 0 Å². The molecule has 0 spiro atoms. The molecule has 1 aliphatic heterocycles. The van der Waals surface area contributed by atoms with E-state index in [2.05, 4.69) is 34.1 Å². The molecule has 8 nitrogen and oxygen atoms in total. The molecule has 2 heterocycles. The predicted molar refractivity (Wildman–Crippen MR) is 82.2 cm³/mol. The average Bonchev–Trinajstić information content (AvgIpc) is 2.97. The third-order valence-corrected chi connectivity index (χ3v) is 3.97. The highest BCUT2D eigenvalue weighted by atomic mass is 16.6. The van der Waals surface area contributed by atoms with Crippen molar-refractivity contribution in [2.45, 2.75) is 26.3 Å². The molecule has 1 unspecified atom stereocenters. The van der Waals surface area contributed by atoms with Gasteiger partial charge in [0, 0.05) is 19.1 Å². The highest BCUT2D eigenvalue weighted by Gasteiger charge is 2.28. The Morgan fingerprint density at radius 2 is 2.24 bits per heavy atom. The summed E-state index contributed by atoms with van der Waals surface area (Å²) < 4.78 is 0. The van der Waals surface area contributed by atoms with Crippen LogP contribution in [-0.2, 0) is 0 Å². The molecule has 21 heavy (non-hydrogen) atoms. The molecule has 1 aromatic heterocycles. The lowest BCUT2D eigenvalue weighted by atomic mass is 10.2. The van der Waals surface area contributed by atoms with E-state index in [0.717, 1.165) is 32.6 Å². The van der Waals surface area contributed by atoms with E-state index in [9.17, 15) is 10.1 Å². The Morgan fingerprint density at radius 3 is 2.81 bits per heavy atom. The zero-order valence-electron chi connectivity index (χ0n) is 12.5. The first-order valence-electron chi connectivity index (χ1n) is 7.21. The predicted octanol–water partition coefficient (Wildman–Crippen LogP) is 1.20. The Hall–Kier alpha value is -1.93. The summed E-state index contributed by atoms with van der Waals surface area (Å²) >= 11 is 0. The number of hydrazine groups is 1. The van der Waals surface area contributed by atoms with E-state index in [1.165, 1.54) is 12.1 Å². The highest BCUT2D eigenvalue weighted by Crippen LogP contribution is 2.26. The molecule has 0 aliphatic carbocycles. The van der Waals surface area contributed by atoms with Gasteiger partial charge in [0.05, 0.1) is 17.1 Å². The topological polar surface area (TPSA) is 101 Å². The highest BCUT2D eigenvalue weighted by molar-refractivity contribution is 5.56. The third-order valence-electron chi connectivity index (χ3n) is 3.97. The SMILES string of the molecule is CCN(CC)C1CCN(c2cc([N+](=O)[O-])cc(NN)n2)C1. The summed E-state index contributed by atoms with van der Waals surface area (Å²) in [6, 6.07) is 3.31. The van der Waals surface area contributed by atoms with Crippen LogP contribution in [0.25, 0.3) is 0 Å². The summed E-state index contributed by atoms with van der Waals surface area (Å²) in [5.41, 5.74) is 2.39. The molecule has 1 aliphatic rings. The summed E-state index contributed by atoms with van der Waals surface area (Å²) in [6.07, 6.45) is 1.04. The quantitative estimate of drug-likeness (QED) is 0.462. The number of nitrogens with one attached hydrogen (secondary N) is 1. The van der Waals surface area contributed by atoms with Gasteiger partial charge in [0.15, 0.2) is 0 Å². The maximum absolute atomic E-state index is 11.0. The molecule has 1 saturated heterocycles. The average molecular weight is 294 g/mol. The fourth-order valence-electron chi connectivity index (χ4n) is 2.83. The van der Waals surface area contributed by atoms with Crippen molar-refractivity contribution in [2.75, 3.05) is 36.5 Å². The number of likely N-dealkylation sites (N-methyl/N-ethyl adjacent to an activating group) is 1. The molecular formula is C13H22N6O2. The molecule has 3 N–H and O–H groups in total. The van der Waals surface area contributed by atoms with Crippen molar-refractivity contribution in [1.29, 1.82) is 0 Å². The first-order valence-corrected chi connectivity index (χ1v) is 7.21. The first-order chi connectivity index (χ1) is 10.1. The van der Waals surface area contributed by atoms with Gasteiger partial charge in [-0.2, -0.15) is 0 Å². The molecule has 0 aromatic carbocycles. The van der Waals surface area contributed by atoms with Gasteiger partial charge >= 0.3 is 0 Å². The monoisotopic (exact) mass is 294 g/mol. The summed E-state index contributed by atoms with van der Waals surface area (Å²) in [7, 11) is 0. The summed E-state index contributed by atoms with van der Waals surface area (Å²) in [4.78, 5) is 19.4. The second kappa shape index (κ2) is 6.68. The third kappa shape index (κ3) is 3.40. The van der Waals surface area contributed by atoms with Crippen LogP contribution in [0.4, 0.5) is 17.3 Å². The number of rotatable bonds is 6. The van der Waals surface area contributed by atoms with Gasteiger partial charge in [-0.3, -0.25) is 15.0 Å². The molecule has 1 atom stereocenters. The van der Waals surface area contributed by atoms with Gasteiger partial charge < -0.3 is 10.3 Å². The number of anilines is 2.